The number of carbonyl (C=O) groups is 2. The fourth-order valence-electron chi connectivity index (χ4n) is 2.23. The first-order valence-corrected chi connectivity index (χ1v) is 7.29. The van der Waals surface area contributed by atoms with E-state index in [1.54, 1.807) is 6.92 Å². The highest BCUT2D eigenvalue weighted by molar-refractivity contribution is 6.27. The average Bonchev–Trinajstić information content (AvgIpc) is 2.52. The predicted octanol–water partition coefficient (Wildman–Crippen LogP) is 3.40. The van der Waals surface area contributed by atoms with E-state index in [0.29, 0.717) is 5.56 Å². The maximum atomic E-state index is 12.6. The minimum atomic E-state index is -4.44. The fourth-order valence-corrected chi connectivity index (χ4v) is 2.37. The molecule has 0 saturated heterocycles. The summed E-state index contributed by atoms with van der Waals surface area (Å²) < 4.78 is 42.4. The van der Waals surface area contributed by atoms with Crippen LogP contribution < -0.4 is 0 Å². The highest BCUT2D eigenvalue weighted by atomic mass is 35.5. The Balaban J connectivity index is 3.12. The molecule has 0 unspecified atom stereocenters. The van der Waals surface area contributed by atoms with Crippen LogP contribution in [0.15, 0.2) is 24.3 Å². The van der Waals surface area contributed by atoms with E-state index < -0.39 is 35.7 Å². The van der Waals surface area contributed by atoms with Crippen molar-refractivity contribution in [1.29, 1.82) is 0 Å². The molecule has 0 spiro atoms. The molecule has 1 aromatic rings. The van der Waals surface area contributed by atoms with Crippen molar-refractivity contribution in [2.45, 2.75) is 32.1 Å². The van der Waals surface area contributed by atoms with Gasteiger partial charge in [0.1, 0.15) is 11.9 Å². The van der Waals surface area contributed by atoms with Gasteiger partial charge in [-0.05, 0) is 31.5 Å². The van der Waals surface area contributed by atoms with Crippen molar-refractivity contribution >= 4 is 23.5 Å². The van der Waals surface area contributed by atoms with Crippen molar-refractivity contribution in [3.8, 4) is 0 Å². The first kappa shape index (κ1) is 19.3. The van der Waals surface area contributed by atoms with Crippen LogP contribution in [0.25, 0.3) is 0 Å². The van der Waals surface area contributed by atoms with Crippen LogP contribution in [0.4, 0.5) is 13.2 Å². The number of hydrogen-bond acceptors (Lipinski definition) is 3. The number of ether oxygens (including phenoxy) is 1. The number of rotatable bonds is 5. The molecule has 2 atom stereocenters. The highest BCUT2D eigenvalue weighted by Gasteiger charge is 2.33. The van der Waals surface area contributed by atoms with Crippen molar-refractivity contribution in [2.24, 2.45) is 0 Å². The van der Waals surface area contributed by atoms with Crippen molar-refractivity contribution in [2.75, 3.05) is 13.0 Å². The van der Waals surface area contributed by atoms with Crippen LogP contribution in [-0.4, -0.2) is 35.8 Å². The van der Waals surface area contributed by atoms with Crippen LogP contribution >= 0.6 is 11.6 Å². The number of amides is 1. The standard InChI is InChI=1S/C15H17ClF3NO3/c1-9(11-4-6-12(7-5-11)15(17,18)19)20(13(21)8-16)10(2)14(22)23-3/h4-7,9-10H,8H2,1-3H3/t9-,10-/m0/s1. The predicted molar refractivity (Wildman–Crippen MR) is 78.9 cm³/mol. The fraction of sp³-hybridized carbons (Fsp3) is 0.467. The maximum Gasteiger partial charge on any atom is 0.416 e. The van der Waals surface area contributed by atoms with Gasteiger partial charge in [0.15, 0.2) is 0 Å². The lowest BCUT2D eigenvalue weighted by atomic mass is 10.0. The number of esters is 1. The number of methoxy groups -OCH3 is 1. The Morgan fingerprint density at radius 2 is 1.74 bits per heavy atom. The largest absolute Gasteiger partial charge is 0.467 e. The molecule has 0 aliphatic rings. The molecular formula is C15H17ClF3NO3. The van der Waals surface area contributed by atoms with Crippen LogP contribution in [0.3, 0.4) is 0 Å². The van der Waals surface area contributed by atoms with E-state index in [1.165, 1.54) is 31.1 Å². The minimum Gasteiger partial charge on any atom is -0.467 e. The van der Waals surface area contributed by atoms with Crippen molar-refractivity contribution in [3.05, 3.63) is 35.4 Å². The lowest BCUT2D eigenvalue weighted by Gasteiger charge is -2.33. The summed E-state index contributed by atoms with van der Waals surface area (Å²) in [6.45, 7) is 3.07. The molecule has 1 aromatic carbocycles. The Kier molecular flexibility index (Phi) is 6.44. The molecule has 0 bridgehead atoms. The maximum absolute atomic E-state index is 12.6. The molecule has 128 valence electrons. The van der Waals surface area contributed by atoms with Gasteiger partial charge in [-0.1, -0.05) is 12.1 Å². The molecule has 0 aliphatic carbocycles. The second-order valence-corrected chi connectivity index (χ2v) is 5.20. The molecule has 8 heteroatoms. The zero-order valence-corrected chi connectivity index (χ0v) is 13.6. The van der Waals surface area contributed by atoms with Gasteiger partial charge < -0.3 is 9.64 Å². The smallest absolute Gasteiger partial charge is 0.416 e. The monoisotopic (exact) mass is 351 g/mol. The topological polar surface area (TPSA) is 46.6 Å². The van der Waals surface area contributed by atoms with Crippen LogP contribution in [0.1, 0.15) is 31.0 Å². The molecule has 0 N–H and O–H groups in total. The van der Waals surface area contributed by atoms with E-state index in [1.807, 2.05) is 0 Å². The molecule has 1 rings (SSSR count). The molecule has 0 fully saturated rings. The number of nitrogens with zero attached hydrogens (tertiary/aromatic N) is 1. The van der Waals surface area contributed by atoms with Crippen LogP contribution in [-0.2, 0) is 20.5 Å². The van der Waals surface area contributed by atoms with Crippen LogP contribution in [0.2, 0.25) is 0 Å². The van der Waals surface area contributed by atoms with E-state index >= 15 is 0 Å². The summed E-state index contributed by atoms with van der Waals surface area (Å²) >= 11 is 5.56. The lowest BCUT2D eigenvalue weighted by Crippen LogP contribution is -2.45. The second-order valence-electron chi connectivity index (χ2n) is 4.93. The second kappa shape index (κ2) is 7.68. The molecule has 4 nitrogen and oxygen atoms in total. The molecule has 0 saturated carbocycles. The van der Waals surface area contributed by atoms with Gasteiger partial charge in [-0.3, -0.25) is 4.79 Å². The third-order valence-electron chi connectivity index (χ3n) is 3.50. The summed E-state index contributed by atoms with van der Waals surface area (Å²) in [5.41, 5.74) is -0.336. The van der Waals surface area contributed by atoms with Gasteiger partial charge in [-0.25, -0.2) is 4.79 Å². The molecule has 0 aliphatic heterocycles. The molecule has 1 amide bonds. The molecule has 0 radical (unpaired) electrons. The number of hydrogen-bond donors (Lipinski definition) is 0. The summed E-state index contributed by atoms with van der Waals surface area (Å²) in [4.78, 5) is 24.9. The van der Waals surface area contributed by atoms with Crippen molar-refractivity contribution in [3.63, 3.8) is 0 Å². The molecule has 23 heavy (non-hydrogen) atoms. The van der Waals surface area contributed by atoms with Crippen molar-refractivity contribution in [1.82, 2.24) is 4.90 Å². The summed E-state index contributed by atoms with van der Waals surface area (Å²) in [6, 6.07) is 2.84. The zero-order valence-electron chi connectivity index (χ0n) is 12.9. The SMILES string of the molecule is COC(=O)[C@H](C)N(C(=O)CCl)[C@@H](C)c1ccc(C(F)(F)F)cc1. The highest BCUT2D eigenvalue weighted by Crippen LogP contribution is 2.31. The van der Waals surface area contributed by atoms with Gasteiger partial charge in [0.2, 0.25) is 5.91 Å². The van der Waals surface area contributed by atoms with Gasteiger partial charge in [-0.15, -0.1) is 11.6 Å². The Bertz CT molecular complexity index is 560. The first-order valence-electron chi connectivity index (χ1n) is 6.75. The normalized spacial score (nSPS) is 14.0. The van der Waals surface area contributed by atoms with Gasteiger partial charge >= 0.3 is 12.1 Å². The zero-order chi connectivity index (χ0) is 17.8. The Labute approximate surface area is 137 Å². The van der Waals surface area contributed by atoms with Crippen molar-refractivity contribution < 1.29 is 27.5 Å². The van der Waals surface area contributed by atoms with Gasteiger partial charge in [0.25, 0.3) is 0 Å². The van der Waals surface area contributed by atoms with E-state index in [4.69, 9.17) is 11.6 Å². The third kappa shape index (κ3) is 4.60. The van der Waals surface area contributed by atoms with Gasteiger partial charge in [0, 0.05) is 0 Å². The number of carbonyl (C=O) groups excluding carboxylic acids is 2. The average molecular weight is 352 g/mol. The number of alkyl halides is 4. The summed E-state index contributed by atoms with van der Waals surface area (Å²) in [5.74, 6) is -1.51. The molecule has 0 heterocycles. The van der Waals surface area contributed by atoms with E-state index in [-0.39, 0.29) is 5.88 Å². The van der Waals surface area contributed by atoms with E-state index in [0.717, 1.165) is 12.1 Å². The quantitative estimate of drug-likeness (QED) is 0.603. The first-order chi connectivity index (χ1) is 10.6. The third-order valence-corrected chi connectivity index (χ3v) is 3.73. The Morgan fingerprint density at radius 1 is 1.22 bits per heavy atom. The van der Waals surface area contributed by atoms with E-state index in [2.05, 4.69) is 4.74 Å². The van der Waals surface area contributed by atoms with Crippen LogP contribution in [0, 0.1) is 0 Å². The lowest BCUT2D eigenvalue weighted by molar-refractivity contribution is -0.153. The van der Waals surface area contributed by atoms with E-state index in [9.17, 15) is 22.8 Å². The number of halogens is 4. The van der Waals surface area contributed by atoms with Gasteiger partial charge in [-0.2, -0.15) is 13.2 Å². The molecule has 0 aromatic heterocycles. The Hall–Kier alpha value is -1.76. The Morgan fingerprint density at radius 3 is 2.13 bits per heavy atom. The van der Waals surface area contributed by atoms with Crippen LogP contribution in [0.5, 0.6) is 0 Å². The summed E-state index contributed by atoms with van der Waals surface area (Å²) in [7, 11) is 1.19. The minimum absolute atomic E-state index is 0.355. The number of benzene rings is 1. The summed E-state index contributed by atoms with van der Waals surface area (Å²) in [6.07, 6.45) is -4.44. The van der Waals surface area contributed by atoms with Gasteiger partial charge in [0.05, 0.1) is 18.7 Å². The molecular weight excluding hydrogens is 335 g/mol. The summed E-state index contributed by atoms with van der Waals surface area (Å²) in [5, 5.41) is 0.